The molecule has 0 aliphatic heterocycles. The summed E-state index contributed by atoms with van der Waals surface area (Å²) >= 11 is 0. The summed E-state index contributed by atoms with van der Waals surface area (Å²) in [6.07, 6.45) is 1.03. The highest BCUT2D eigenvalue weighted by Gasteiger charge is 2.29. The first-order valence-electron chi connectivity index (χ1n) is 10.9. The maximum absolute atomic E-state index is 12.0. The fourth-order valence-corrected chi connectivity index (χ4v) is 2.89. The van der Waals surface area contributed by atoms with E-state index in [9.17, 15) is 14.7 Å². The number of ether oxygens (including phenoxy) is 4. The number of carbonyl (C=O) groups is 2. The zero-order chi connectivity index (χ0) is 23.3. The molecule has 1 amide bonds. The van der Waals surface area contributed by atoms with Crippen molar-refractivity contribution < 1.29 is 33.6 Å². The molecule has 0 aliphatic carbocycles. The van der Waals surface area contributed by atoms with Crippen molar-refractivity contribution in [3.63, 3.8) is 0 Å². The summed E-state index contributed by atoms with van der Waals surface area (Å²) < 4.78 is 21.6. The van der Waals surface area contributed by atoms with Crippen LogP contribution in [0.2, 0.25) is 0 Å². The second-order valence-corrected chi connectivity index (χ2v) is 9.04. The summed E-state index contributed by atoms with van der Waals surface area (Å²) in [7, 11) is 1.24. The van der Waals surface area contributed by atoms with Crippen LogP contribution < -0.4 is 5.32 Å². The van der Waals surface area contributed by atoms with Crippen molar-refractivity contribution in [1.29, 1.82) is 0 Å². The Morgan fingerprint density at radius 1 is 1.07 bits per heavy atom. The van der Waals surface area contributed by atoms with Crippen molar-refractivity contribution in [2.24, 2.45) is 11.8 Å². The van der Waals surface area contributed by atoms with Gasteiger partial charge in [0.25, 0.3) is 0 Å². The first-order valence-corrected chi connectivity index (χ1v) is 10.9. The summed E-state index contributed by atoms with van der Waals surface area (Å²) in [5.74, 6) is -0.200. The Labute approximate surface area is 182 Å². The fraction of sp³-hybridized carbons (Fsp3) is 0.909. The van der Waals surface area contributed by atoms with Crippen LogP contribution in [-0.2, 0) is 23.7 Å². The lowest BCUT2D eigenvalue weighted by atomic mass is 9.89. The van der Waals surface area contributed by atoms with Crippen LogP contribution in [-0.4, -0.2) is 68.0 Å². The molecule has 30 heavy (non-hydrogen) atoms. The van der Waals surface area contributed by atoms with Crippen molar-refractivity contribution in [1.82, 2.24) is 5.32 Å². The molecule has 8 heteroatoms. The summed E-state index contributed by atoms with van der Waals surface area (Å²) in [6, 6.07) is -1.00. The lowest BCUT2D eigenvalue weighted by molar-refractivity contribution is -0.146. The molecule has 0 unspecified atom stereocenters. The van der Waals surface area contributed by atoms with Gasteiger partial charge in [0.1, 0.15) is 5.60 Å². The molecule has 0 aliphatic rings. The van der Waals surface area contributed by atoms with Crippen LogP contribution in [0.1, 0.15) is 67.7 Å². The van der Waals surface area contributed by atoms with Crippen LogP contribution in [0.3, 0.4) is 0 Å². The number of nitrogens with one attached hydrogen (secondary N) is 1. The smallest absolute Gasteiger partial charge is 0.408 e. The molecule has 0 aromatic heterocycles. The highest BCUT2D eigenvalue weighted by Crippen LogP contribution is 2.22. The van der Waals surface area contributed by atoms with Gasteiger partial charge >= 0.3 is 12.1 Å². The quantitative estimate of drug-likeness (QED) is 0.405. The van der Waals surface area contributed by atoms with Crippen LogP contribution in [0.4, 0.5) is 4.79 Å². The first-order chi connectivity index (χ1) is 13.9. The van der Waals surface area contributed by atoms with E-state index < -0.39 is 29.8 Å². The van der Waals surface area contributed by atoms with Gasteiger partial charge in [-0.15, -0.1) is 0 Å². The zero-order valence-electron chi connectivity index (χ0n) is 20.0. The predicted octanol–water partition coefficient (Wildman–Crippen LogP) is 3.30. The van der Waals surface area contributed by atoms with Crippen LogP contribution in [0, 0.1) is 11.8 Å². The summed E-state index contributed by atoms with van der Waals surface area (Å²) in [4.78, 5) is 24.1. The minimum absolute atomic E-state index is 0.0886. The van der Waals surface area contributed by atoms with Crippen LogP contribution in [0.5, 0.6) is 0 Å². The summed E-state index contributed by atoms with van der Waals surface area (Å²) in [6.45, 7) is 13.9. The van der Waals surface area contributed by atoms with E-state index in [-0.39, 0.29) is 25.2 Å². The monoisotopic (exact) mass is 433 g/mol. The van der Waals surface area contributed by atoms with Gasteiger partial charge in [-0.1, -0.05) is 27.2 Å². The van der Waals surface area contributed by atoms with E-state index >= 15 is 0 Å². The molecular weight excluding hydrogens is 390 g/mol. The number of amides is 1. The molecule has 0 heterocycles. The second kappa shape index (κ2) is 14.6. The minimum Gasteiger partial charge on any atom is -0.467 e. The zero-order valence-corrected chi connectivity index (χ0v) is 20.0. The topological polar surface area (TPSA) is 103 Å². The standard InChI is InChI=1S/C22H43NO7/c1-9-12-29-19(17(16(4)24)11-10-15(2)3)14-28-13-18(20(25)27-8)23-21(26)30-22(5,6)7/h15-19,24H,9-14H2,1-8H3,(H,23,26)/t16-,17-,18-,19-/m0/s1. The predicted molar refractivity (Wildman–Crippen MR) is 115 cm³/mol. The van der Waals surface area contributed by atoms with E-state index in [0.29, 0.717) is 12.5 Å². The average molecular weight is 434 g/mol. The minimum atomic E-state index is -1.00. The van der Waals surface area contributed by atoms with E-state index in [2.05, 4.69) is 19.2 Å². The first kappa shape index (κ1) is 28.6. The molecule has 0 rings (SSSR count). The van der Waals surface area contributed by atoms with Crippen molar-refractivity contribution in [2.75, 3.05) is 26.9 Å². The molecule has 0 fully saturated rings. The van der Waals surface area contributed by atoms with E-state index in [1.165, 1.54) is 7.11 Å². The Balaban J connectivity index is 5.00. The van der Waals surface area contributed by atoms with Gasteiger partial charge in [0, 0.05) is 12.5 Å². The third-order valence-corrected chi connectivity index (χ3v) is 4.45. The van der Waals surface area contributed by atoms with Gasteiger partial charge in [-0.05, 0) is 46.5 Å². The number of rotatable bonds is 14. The molecule has 0 saturated heterocycles. The lowest BCUT2D eigenvalue weighted by Crippen LogP contribution is -2.47. The highest BCUT2D eigenvalue weighted by atomic mass is 16.6. The van der Waals surface area contributed by atoms with Crippen molar-refractivity contribution >= 4 is 12.1 Å². The van der Waals surface area contributed by atoms with E-state index in [4.69, 9.17) is 18.9 Å². The molecule has 178 valence electrons. The summed E-state index contributed by atoms with van der Waals surface area (Å²) in [5.41, 5.74) is -0.689. The molecule has 4 atom stereocenters. The SMILES string of the molecule is CCCO[C@@H](COC[C@H](NC(=O)OC(C)(C)C)C(=O)OC)[C@@H](CCC(C)C)[C@H](C)O. The van der Waals surface area contributed by atoms with Crippen LogP contribution in [0.25, 0.3) is 0 Å². The normalized spacial score (nSPS) is 15.9. The Kier molecular flexibility index (Phi) is 13.9. The molecule has 0 aromatic carbocycles. The van der Waals surface area contributed by atoms with Crippen LogP contribution >= 0.6 is 0 Å². The number of aliphatic hydroxyl groups excluding tert-OH is 1. The molecule has 2 N–H and O–H groups in total. The number of esters is 1. The van der Waals surface area contributed by atoms with Crippen molar-refractivity contribution in [2.45, 2.75) is 91.6 Å². The largest absolute Gasteiger partial charge is 0.467 e. The van der Waals surface area contributed by atoms with Gasteiger partial charge in [0.15, 0.2) is 6.04 Å². The molecule has 0 saturated carbocycles. The van der Waals surface area contributed by atoms with E-state index in [0.717, 1.165) is 19.3 Å². The fourth-order valence-electron chi connectivity index (χ4n) is 2.89. The summed E-state index contributed by atoms with van der Waals surface area (Å²) in [5, 5.41) is 12.8. The third-order valence-electron chi connectivity index (χ3n) is 4.45. The Morgan fingerprint density at radius 3 is 2.17 bits per heavy atom. The van der Waals surface area contributed by atoms with Gasteiger partial charge < -0.3 is 29.4 Å². The van der Waals surface area contributed by atoms with Gasteiger partial charge in [-0.25, -0.2) is 9.59 Å². The molecule has 0 bridgehead atoms. The van der Waals surface area contributed by atoms with Gasteiger partial charge in [0.05, 0.1) is 32.5 Å². The number of aliphatic hydroxyl groups is 1. The highest BCUT2D eigenvalue weighted by molar-refractivity contribution is 5.81. The number of hydrogen-bond acceptors (Lipinski definition) is 7. The van der Waals surface area contributed by atoms with Gasteiger partial charge in [-0.2, -0.15) is 0 Å². The Morgan fingerprint density at radius 2 is 1.70 bits per heavy atom. The number of alkyl carbamates (subject to hydrolysis) is 1. The van der Waals surface area contributed by atoms with Crippen molar-refractivity contribution in [3.8, 4) is 0 Å². The third kappa shape index (κ3) is 13.0. The van der Waals surface area contributed by atoms with E-state index in [1.54, 1.807) is 27.7 Å². The average Bonchev–Trinajstić information content (AvgIpc) is 2.61. The molecule has 0 radical (unpaired) electrons. The number of hydrogen-bond donors (Lipinski definition) is 2. The second-order valence-electron chi connectivity index (χ2n) is 9.04. The maximum atomic E-state index is 12.0. The molecule has 0 aromatic rings. The molecular formula is C22H43NO7. The van der Waals surface area contributed by atoms with Crippen LogP contribution in [0.15, 0.2) is 0 Å². The Bertz CT molecular complexity index is 488. The Hall–Kier alpha value is -1.38. The van der Waals surface area contributed by atoms with Gasteiger partial charge in [-0.3, -0.25) is 0 Å². The molecule has 8 nitrogen and oxygen atoms in total. The molecule has 0 spiro atoms. The number of carbonyl (C=O) groups excluding carboxylic acids is 2. The van der Waals surface area contributed by atoms with E-state index in [1.807, 2.05) is 6.92 Å². The maximum Gasteiger partial charge on any atom is 0.408 e. The lowest BCUT2D eigenvalue weighted by Gasteiger charge is -2.30. The van der Waals surface area contributed by atoms with Gasteiger partial charge in [0.2, 0.25) is 0 Å². The number of methoxy groups -OCH3 is 1. The van der Waals surface area contributed by atoms with Crippen molar-refractivity contribution in [3.05, 3.63) is 0 Å².